The van der Waals surface area contributed by atoms with Gasteiger partial charge in [-0.2, -0.15) is 0 Å². The van der Waals surface area contributed by atoms with Gasteiger partial charge in [0.2, 0.25) is 0 Å². The Morgan fingerprint density at radius 2 is 1.19 bits per heavy atom. The lowest BCUT2D eigenvalue weighted by Gasteiger charge is -2.44. The van der Waals surface area contributed by atoms with Gasteiger partial charge in [-0.25, -0.2) is 0 Å². The van der Waals surface area contributed by atoms with Crippen LogP contribution >= 0.6 is 0 Å². The molecular weight excluding hydrogens is 460 g/mol. The van der Waals surface area contributed by atoms with E-state index in [0.29, 0.717) is 6.61 Å². The number of ether oxygens (including phenoxy) is 5. The molecule has 0 amide bonds. The molecule has 7 heteroatoms. The summed E-state index contributed by atoms with van der Waals surface area (Å²) in [6, 6.07) is 29.2. The van der Waals surface area contributed by atoms with Gasteiger partial charge in [0.25, 0.3) is 0 Å². The van der Waals surface area contributed by atoms with E-state index >= 15 is 0 Å². The minimum absolute atomic E-state index is 0.156. The lowest BCUT2D eigenvalue weighted by Crippen LogP contribution is -2.61. The van der Waals surface area contributed by atoms with E-state index in [0.717, 1.165) is 16.7 Å². The maximum absolute atomic E-state index is 11.9. The minimum atomic E-state index is -1.39. The zero-order valence-electron chi connectivity index (χ0n) is 20.3. The SMILES string of the molecule is CC(=O)O[C@@H]1[C@@H](OCc2ccccc2)[C@H](OCc2ccccc2)[C@@H](COCc2ccccc2)O[C@@H]1O. The molecule has 4 rings (SSSR count). The third-order valence-corrected chi connectivity index (χ3v) is 5.88. The molecule has 0 radical (unpaired) electrons. The predicted molar refractivity (Wildman–Crippen MR) is 133 cm³/mol. The Bertz CT molecular complexity index is 1040. The van der Waals surface area contributed by atoms with Gasteiger partial charge >= 0.3 is 5.97 Å². The summed E-state index contributed by atoms with van der Waals surface area (Å²) in [4.78, 5) is 11.9. The molecule has 0 unspecified atom stereocenters. The highest BCUT2D eigenvalue weighted by Gasteiger charge is 2.49. The first-order valence-electron chi connectivity index (χ1n) is 12.0. The fourth-order valence-corrected chi connectivity index (χ4v) is 4.14. The normalized spacial score (nSPS) is 23.8. The third-order valence-electron chi connectivity index (χ3n) is 5.88. The lowest BCUT2D eigenvalue weighted by atomic mass is 9.98. The number of aliphatic hydroxyl groups is 1. The van der Waals surface area contributed by atoms with Crippen LogP contribution in [-0.2, 0) is 48.3 Å². The molecule has 1 aliphatic rings. The molecule has 36 heavy (non-hydrogen) atoms. The molecule has 0 aromatic heterocycles. The first-order valence-corrected chi connectivity index (χ1v) is 12.0. The summed E-state index contributed by atoms with van der Waals surface area (Å²) in [5.41, 5.74) is 2.93. The highest BCUT2D eigenvalue weighted by Crippen LogP contribution is 2.29. The monoisotopic (exact) mass is 492 g/mol. The summed E-state index contributed by atoms with van der Waals surface area (Å²) in [6.07, 6.45) is -4.56. The minimum Gasteiger partial charge on any atom is -0.454 e. The van der Waals surface area contributed by atoms with E-state index in [1.165, 1.54) is 6.92 Å². The van der Waals surface area contributed by atoms with E-state index in [-0.39, 0.29) is 19.8 Å². The van der Waals surface area contributed by atoms with Crippen LogP contribution in [0.15, 0.2) is 91.0 Å². The molecule has 0 saturated carbocycles. The number of carbonyl (C=O) groups excluding carboxylic acids is 1. The van der Waals surface area contributed by atoms with Gasteiger partial charge in [-0.05, 0) is 16.7 Å². The van der Waals surface area contributed by atoms with Crippen molar-refractivity contribution in [3.63, 3.8) is 0 Å². The van der Waals surface area contributed by atoms with Crippen molar-refractivity contribution in [3.8, 4) is 0 Å². The Morgan fingerprint density at radius 3 is 1.69 bits per heavy atom. The number of esters is 1. The number of rotatable bonds is 11. The Labute approximate surface area is 211 Å². The van der Waals surface area contributed by atoms with Crippen molar-refractivity contribution in [1.29, 1.82) is 0 Å². The molecule has 3 aromatic rings. The zero-order valence-corrected chi connectivity index (χ0v) is 20.3. The smallest absolute Gasteiger partial charge is 0.303 e. The van der Waals surface area contributed by atoms with Crippen LogP contribution in [-0.4, -0.2) is 48.4 Å². The number of aliphatic hydroxyl groups excluding tert-OH is 1. The van der Waals surface area contributed by atoms with E-state index in [2.05, 4.69) is 0 Å². The summed E-state index contributed by atoms with van der Waals surface area (Å²) in [5.74, 6) is -0.545. The first-order chi connectivity index (χ1) is 17.6. The van der Waals surface area contributed by atoms with Crippen LogP contribution in [0.4, 0.5) is 0 Å². The molecule has 3 aromatic carbocycles. The van der Waals surface area contributed by atoms with Crippen molar-refractivity contribution >= 4 is 5.97 Å². The van der Waals surface area contributed by atoms with Crippen molar-refractivity contribution < 1.29 is 33.6 Å². The Kier molecular flexibility index (Phi) is 9.61. The molecule has 1 saturated heterocycles. The van der Waals surface area contributed by atoms with Crippen LogP contribution < -0.4 is 0 Å². The van der Waals surface area contributed by atoms with E-state index < -0.39 is 36.7 Å². The highest BCUT2D eigenvalue weighted by atomic mass is 16.7. The van der Waals surface area contributed by atoms with Crippen molar-refractivity contribution in [2.75, 3.05) is 6.61 Å². The molecule has 0 aliphatic carbocycles. The Morgan fingerprint density at radius 1 is 0.722 bits per heavy atom. The molecular formula is C29H32O7. The third kappa shape index (κ3) is 7.46. The number of hydrogen-bond donors (Lipinski definition) is 1. The van der Waals surface area contributed by atoms with Crippen molar-refractivity contribution in [2.45, 2.75) is 57.5 Å². The zero-order chi connectivity index (χ0) is 25.2. The second-order valence-electron chi connectivity index (χ2n) is 8.66. The topological polar surface area (TPSA) is 83.5 Å². The van der Waals surface area contributed by atoms with Crippen LogP contribution in [0.3, 0.4) is 0 Å². The van der Waals surface area contributed by atoms with Crippen LogP contribution in [0.1, 0.15) is 23.6 Å². The molecule has 0 spiro atoms. The second-order valence-corrected chi connectivity index (χ2v) is 8.66. The molecule has 0 bridgehead atoms. The van der Waals surface area contributed by atoms with Gasteiger partial charge in [0.1, 0.15) is 18.3 Å². The lowest BCUT2D eigenvalue weighted by molar-refractivity contribution is -0.309. The summed E-state index contributed by atoms with van der Waals surface area (Å²) in [5, 5.41) is 10.8. The average Bonchev–Trinajstić information content (AvgIpc) is 2.90. The highest BCUT2D eigenvalue weighted by molar-refractivity contribution is 5.66. The summed E-state index contributed by atoms with van der Waals surface area (Å²) < 4.78 is 29.8. The molecule has 1 fully saturated rings. The van der Waals surface area contributed by atoms with Gasteiger partial charge in [0.15, 0.2) is 12.4 Å². The average molecular weight is 493 g/mol. The van der Waals surface area contributed by atoms with Crippen LogP contribution in [0.2, 0.25) is 0 Å². The van der Waals surface area contributed by atoms with E-state index in [1.807, 2.05) is 91.0 Å². The summed E-state index contributed by atoms with van der Waals surface area (Å²) in [6.45, 7) is 2.36. The largest absolute Gasteiger partial charge is 0.454 e. The van der Waals surface area contributed by atoms with Crippen LogP contribution in [0.25, 0.3) is 0 Å². The van der Waals surface area contributed by atoms with Crippen molar-refractivity contribution in [1.82, 2.24) is 0 Å². The van der Waals surface area contributed by atoms with Crippen LogP contribution in [0, 0.1) is 0 Å². The van der Waals surface area contributed by atoms with E-state index in [9.17, 15) is 9.90 Å². The Hall–Kier alpha value is -3.07. The molecule has 1 heterocycles. The Balaban J connectivity index is 1.53. The second kappa shape index (κ2) is 13.3. The van der Waals surface area contributed by atoms with Gasteiger partial charge in [-0.1, -0.05) is 91.0 Å². The van der Waals surface area contributed by atoms with E-state index in [4.69, 9.17) is 23.7 Å². The molecule has 7 nitrogen and oxygen atoms in total. The maximum Gasteiger partial charge on any atom is 0.303 e. The van der Waals surface area contributed by atoms with Crippen molar-refractivity contribution in [2.24, 2.45) is 0 Å². The van der Waals surface area contributed by atoms with Gasteiger partial charge in [0.05, 0.1) is 26.4 Å². The van der Waals surface area contributed by atoms with Gasteiger partial charge < -0.3 is 28.8 Å². The fraction of sp³-hybridized carbons (Fsp3) is 0.345. The first kappa shape index (κ1) is 26.0. The van der Waals surface area contributed by atoms with Crippen LogP contribution in [0.5, 0.6) is 0 Å². The molecule has 1 aliphatic heterocycles. The molecule has 1 N–H and O–H groups in total. The summed E-state index contributed by atoms with van der Waals surface area (Å²) in [7, 11) is 0. The van der Waals surface area contributed by atoms with E-state index in [1.54, 1.807) is 0 Å². The van der Waals surface area contributed by atoms with Gasteiger partial charge in [-0.15, -0.1) is 0 Å². The maximum atomic E-state index is 11.9. The fourth-order valence-electron chi connectivity index (χ4n) is 4.14. The summed E-state index contributed by atoms with van der Waals surface area (Å²) >= 11 is 0. The molecule has 5 atom stereocenters. The molecule has 190 valence electrons. The standard InChI is InChI=1S/C29H32O7/c1-21(30)35-28-27(34-19-24-15-9-4-10-16-24)26(33-18-23-13-7-3-8-14-23)25(36-29(28)31)20-32-17-22-11-5-2-6-12-22/h2-16,25-29,31H,17-20H2,1H3/t25-,26-,27+,28-,29+/m1/s1. The number of benzene rings is 3. The van der Waals surface area contributed by atoms with Gasteiger partial charge in [-0.3, -0.25) is 4.79 Å². The number of hydrogen-bond acceptors (Lipinski definition) is 7. The number of carbonyl (C=O) groups is 1. The van der Waals surface area contributed by atoms with Crippen molar-refractivity contribution in [3.05, 3.63) is 108 Å². The van der Waals surface area contributed by atoms with Gasteiger partial charge in [0, 0.05) is 6.92 Å². The predicted octanol–water partition coefficient (Wildman–Crippen LogP) is 4.02. The quantitative estimate of drug-likeness (QED) is 0.405.